The molecule has 1 amide bonds. The summed E-state index contributed by atoms with van der Waals surface area (Å²) in [6.07, 6.45) is -3.47. The molecular formula is C14H16F3NOS. The first-order valence-electron chi connectivity index (χ1n) is 6.44. The molecule has 2 nitrogen and oxygen atoms in total. The SMILES string of the molecule is C[C@H](CS[C@@H]1CCNC1=O)c1ccc(C(F)(F)F)cc1. The van der Waals surface area contributed by atoms with Crippen LogP contribution >= 0.6 is 11.8 Å². The Hall–Kier alpha value is -1.17. The summed E-state index contributed by atoms with van der Waals surface area (Å²) in [5, 5.41) is 2.75. The number of alkyl halides is 3. The third kappa shape index (κ3) is 3.69. The van der Waals surface area contributed by atoms with Crippen molar-refractivity contribution in [3.8, 4) is 0 Å². The second-order valence-corrected chi connectivity index (χ2v) is 6.16. The molecule has 1 aliphatic heterocycles. The summed E-state index contributed by atoms with van der Waals surface area (Å²) in [7, 11) is 0. The van der Waals surface area contributed by atoms with Gasteiger partial charge in [-0.05, 0) is 30.0 Å². The lowest BCUT2D eigenvalue weighted by Gasteiger charge is -2.15. The van der Waals surface area contributed by atoms with E-state index < -0.39 is 11.7 Å². The predicted molar refractivity (Wildman–Crippen MR) is 73.7 cm³/mol. The Bertz CT molecular complexity index is 472. The molecule has 0 aliphatic carbocycles. The molecule has 2 rings (SSSR count). The minimum Gasteiger partial charge on any atom is -0.355 e. The zero-order chi connectivity index (χ0) is 14.8. The second kappa shape index (κ2) is 6.08. The summed E-state index contributed by atoms with van der Waals surface area (Å²) in [6, 6.07) is 5.25. The van der Waals surface area contributed by atoms with Crippen molar-refractivity contribution in [1.82, 2.24) is 5.32 Å². The average Bonchev–Trinajstić information content (AvgIpc) is 2.81. The number of thioether (sulfide) groups is 1. The Morgan fingerprint density at radius 3 is 2.50 bits per heavy atom. The number of carbonyl (C=O) groups is 1. The van der Waals surface area contributed by atoms with Gasteiger partial charge in [0, 0.05) is 12.3 Å². The fourth-order valence-electron chi connectivity index (χ4n) is 2.09. The first-order valence-corrected chi connectivity index (χ1v) is 7.49. The second-order valence-electron chi connectivity index (χ2n) is 4.92. The molecule has 6 heteroatoms. The lowest BCUT2D eigenvalue weighted by molar-refractivity contribution is -0.137. The molecular weight excluding hydrogens is 287 g/mol. The van der Waals surface area contributed by atoms with E-state index in [1.807, 2.05) is 6.92 Å². The van der Waals surface area contributed by atoms with E-state index in [0.717, 1.165) is 29.9 Å². The zero-order valence-electron chi connectivity index (χ0n) is 11.0. The van der Waals surface area contributed by atoms with Gasteiger partial charge in [-0.25, -0.2) is 0 Å². The first-order chi connectivity index (χ1) is 9.38. The third-order valence-corrected chi connectivity index (χ3v) is 4.90. The summed E-state index contributed by atoms with van der Waals surface area (Å²) in [5.41, 5.74) is 0.236. The molecule has 0 spiro atoms. The number of hydrogen-bond donors (Lipinski definition) is 1. The zero-order valence-corrected chi connectivity index (χ0v) is 11.9. The van der Waals surface area contributed by atoms with Crippen molar-refractivity contribution in [2.45, 2.75) is 30.7 Å². The molecule has 1 aromatic carbocycles. The number of nitrogens with one attached hydrogen (secondary N) is 1. The lowest BCUT2D eigenvalue weighted by Crippen LogP contribution is -2.21. The van der Waals surface area contributed by atoms with E-state index in [2.05, 4.69) is 5.32 Å². The molecule has 0 bridgehead atoms. The molecule has 20 heavy (non-hydrogen) atoms. The fraction of sp³-hybridized carbons (Fsp3) is 0.500. The van der Waals surface area contributed by atoms with E-state index >= 15 is 0 Å². The first kappa shape index (κ1) is 15.2. The Morgan fingerprint density at radius 2 is 2.00 bits per heavy atom. The minimum absolute atomic E-state index is 0.0214. The highest BCUT2D eigenvalue weighted by molar-refractivity contribution is 8.00. The van der Waals surface area contributed by atoms with Gasteiger partial charge in [-0.1, -0.05) is 19.1 Å². The maximum absolute atomic E-state index is 12.5. The minimum atomic E-state index is -4.29. The van der Waals surface area contributed by atoms with Gasteiger partial charge in [-0.15, -0.1) is 11.8 Å². The van der Waals surface area contributed by atoms with Crippen LogP contribution in [0.3, 0.4) is 0 Å². The monoisotopic (exact) mass is 303 g/mol. The number of carbonyl (C=O) groups excluding carboxylic acids is 1. The highest BCUT2D eigenvalue weighted by Gasteiger charge is 2.30. The Labute approximate surface area is 120 Å². The molecule has 1 heterocycles. The van der Waals surface area contributed by atoms with Gasteiger partial charge >= 0.3 is 6.18 Å². The van der Waals surface area contributed by atoms with Crippen molar-refractivity contribution >= 4 is 17.7 Å². The van der Waals surface area contributed by atoms with Crippen LogP contribution in [0.2, 0.25) is 0 Å². The average molecular weight is 303 g/mol. The molecule has 0 unspecified atom stereocenters. The molecule has 0 radical (unpaired) electrons. The predicted octanol–water partition coefficient (Wildman–Crippen LogP) is 3.43. The quantitative estimate of drug-likeness (QED) is 0.923. The van der Waals surface area contributed by atoms with Crippen molar-refractivity contribution in [2.75, 3.05) is 12.3 Å². The van der Waals surface area contributed by atoms with Crippen molar-refractivity contribution in [2.24, 2.45) is 0 Å². The van der Waals surface area contributed by atoms with Crippen molar-refractivity contribution in [1.29, 1.82) is 0 Å². The fourth-order valence-corrected chi connectivity index (χ4v) is 3.32. The van der Waals surface area contributed by atoms with Crippen molar-refractivity contribution in [3.63, 3.8) is 0 Å². The van der Waals surface area contributed by atoms with Gasteiger partial charge in [-0.2, -0.15) is 13.2 Å². The normalized spacial score (nSPS) is 20.8. The molecule has 0 aromatic heterocycles. The van der Waals surface area contributed by atoms with Crippen LogP contribution in [-0.2, 0) is 11.0 Å². The van der Waals surface area contributed by atoms with Gasteiger partial charge in [0.1, 0.15) is 0 Å². The van der Waals surface area contributed by atoms with Crippen LogP contribution in [0.1, 0.15) is 30.4 Å². The van der Waals surface area contributed by atoms with Crippen LogP contribution in [-0.4, -0.2) is 23.5 Å². The van der Waals surface area contributed by atoms with Crippen molar-refractivity contribution < 1.29 is 18.0 Å². The number of benzene rings is 1. The molecule has 1 aliphatic rings. The summed E-state index contributed by atoms with van der Waals surface area (Å²) in [5.74, 6) is 0.911. The summed E-state index contributed by atoms with van der Waals surface area (Å²) < 4.78 is 37.4. The largest absolute Gasteiger partial charge is 0.416 e. The highest BCUT2D eigenvalue weighted by atomic mass is 32.2. The van der Waals surface area contributed by atoms with E-state index in [1.165, 1.54) is 12.1 Å². The van der Waals surface area contributed by atoms with Crippen LogP contribution in [0.4, 0.5) is 13.2 Å². The Balaban J connectivity index is 1.92. The smallest absolute Gasteiger partial charge is 0.355 e. The number of amides is 1. The van der Waals surface area contributed by atoms with Crippen LogP contribution in [0.25, 0.3) is 0 Å². The van der Waals surface area contributed by atoms with E-state index in [1.54, 1.807) is 11.8 Å². The Morgan fingerprint density at radius 1 is 1.35 bits per heavy atom. The topological polar surface area (TPSA) is 29.1 Å². The molecule has 1 N–H and O–H groups in total. The molecule has 1 fully saturated rings. The van der Waals surface area contributed by atoms with E-state index in [-0.39, 0.29) is 17.1 Å². The maximum atomic E-state index is 12.5. The van der Waals surface area contributed by atoms with Crippen LogP contribution in [0, 0.1) is 0 Å². The summed E-state index contributed by atoms with van der Waals surface area (Å²) >= 11 is 1.57. The number of rotatable bonds is 4. The van der Waals surface area contributed by atoms with Gasteiger partial charge in [0.05, 0.1) is 10.8 Å². The van der Waals surface area contributed by atoms with Gasteiger partial charge in [-0.3, -0.25) is 4.79 Å². The molecule has 1 saturated heterocycles. The molecule has 110 valence electrons. The highest BCUT2D eigenvalue weighted by Crippen LogP contribution is 2.31. The standard InChI is InChI=1S/C14H16F3NOS/c1-9(8-20-12-6-7-18-13(12)19)10-2-4-11(5-3-10)14(15,16)17/h2-5,9,12H,6-8H2,1H3,(H,18,19)/t9-,12-/m1/s1. The Kier molecular flexibility index (Phi) is 4.62. The molecule has 1 aromatic rings. The molecule has 2 atom stereocenters. The lowest BCUT2D eigenvalue weighted by atomic mass is 10.0. The van der Waals surface area contributed by atoms with Crippen LogP contribution < -0.4 is 5.32 Å². The number of hydrogen-bond acceptors (Lipinski definition) is 2. The van der Waals surface area contributed by atoms with E-state index in [4.69, 9.17) is 0 Å². The van der Waals surface area contributed by atoms with Gasteiger partial charge in [0.25, 0.3) is 0 Å². The summed E-state index contributed by atoms with van der Waals surface area (Å²) in [6.45, 7) is 2.67. The molecule has 0 saturated carbocycles. The van der Waals surface area contributed by atoms with Crippen LogP contribution in [0.15, 0.2) is 24.3 Å². The number of halogens is 3. The van der Waals surface area contributed by atoms with E-state index in [9.17, 15) is 18.0 Å². The van der Waals surface area contributed by atoms with Crippen LogP contribution in [0.5, 0.6) is 0 Å². The van der Waals surface area contributed by atoms with Crippen molar-refractivity contribution in [3.05, 3.63) is 35.4 Å². The van der Waals surface area contributed by atoms with Gasteiger partial charge in [0.2, 0.25) is 5.91 Å². The third-order valence-electron chi connectivity index (χ3n) is 3.35. The maximum Gasteiger partial charge on any atom is 0.416 e. The summed E-state index contributed by atoms with van der Waals surface area (Å²) in [4.78, 5) is 11.4. The van der Waals surface area contributed by atoms with Gasteiger partial charge in [0.15, 0.2) is 0 Å². The van der Waals surface area contributed by atoms with Gasteiger partial charge < -0.3 is 5.32 Å². The van der Waals surface area contributed by atoms with E-state index in [0.29, 0.717) is 6.54 Å².